The van der Waals surface area contributed by atoms with Gasteiger partial charge in [0.15, 0.2) is 5.78 Å². The number of hydrogen-bond acceptors (Lipinski definition) is 6. The average molecular weight is 511 g/mol. The number of Topliss-reactive ketones (excluding diaryl/α,β-unsaturated/α-hetero) is 1. The zero-order chi connectivity index (χ0) is 23.0. The number of carbonyl (C=O) groups is 1. The van der Waals surface area contributed by atoms with Crippen LogP contribution in [0.4, 0.5) is 4.39 Å². The molecule has 4 aromatic rings. The summed E-state index contributed by atoms with van der Waals surface area (Å²) in [6.07, 6.45) is 9.19. The fourth-order valence-electron chi connectivity index (χ4n) is 3.06. The predicted molar refractivity (Wildman–Crippen MR) is 124 cm³/mol. The van der Waals surface area contributed by atoms with Gasteiger partial charge in [0.2, 0.25) is 5.89 Å². The molecule has 0 amide bonds. The van der Waals surface area contributed by atoms with Crippen molar-refractivity contribution in [3.05, 3.63) is 94.1 Å². The second-order valence-corrected chi connectivity index (χ2v) is 8.10. The summed E-state index contributed by atoms with van der Waals surface area (Å²) in [4.78, 5) is 16.6. The number of ether oxygens (including phenoxy) is 1. The molecule has 0 aliphatic heterocycles. The molecule has 2 heterocycles. The zero-order valence-corrected chi connectivity index (χ0v) is 19.1. The van der Waals surface area contributed by atoms with Crippen molar-refractivity contribution < 1.29 is 18.3 Å². The summed E-state index contributed by atoms with van der Waals surface area (Å²) in [7, 11) is 0. The summed E-state index contributed by atoms with van der Waals surface area (Å²) in [6.45, 7) is 0.856. The molecule has 0 atom stereocenters. The Morgan fingerprint density at radius 1 is 1.18 bits per heavy atom. The number of carbonyl (C=O) groups excluding carboxylic acids is 1. The Kier molecular flexibility index (Phi) is 7.41. The van der Waals surface area contributed by atoms with Crippen LogP contribution in [0.1, 0.15) is 40.3 Å². The van der Waals surface area contributed by atoms with Crippen molar-refractivity contribution in [2.45, 2.75) is 26.0 Å². The van der Waals surface area contributed by atoms with Crippen LogP contribution in [0.2, 0.25) is 0 Å². The van der Waals surface area contributed by atoms with Crippen LogP contribution in [0.15, 0.2) is 70.0 Å². The Morgan fingerprint density at radius 2 is 2.03 bits per heavy atom. The van der Waals surface area contributed by atoms with Crippen molar-refractivity contribution in [3.8, 4) is 5.75 Å². The van der Waals surface area contributed by atoms with E-state index in [1.807, 2.05) is 0 Å². The number of benzene rings is 2. The van der Waals surface area contributed by atoms with Gasteiger partial charge in [0, 0.05) is 40.8 Å². The molecule has 9 heteroatoms. The summed E-state index contributed by atoms with van der Waals surface area (Å²) in [5, 5.41) is 7.62. The molecule has 7 nitrogen and oxygen atoms in total. The van der Waals surface area contributed by atoms with Crippen LogP contribution in [-0.2, 0) is 13.2 Å². The van der Waals surface area contributed by atoms with Crippen LogP contribution in [-0.4, -0.2) is 25.8 Å². The number of aryl methyl sites for hydroxylation is 1. The number of rotatable bonds is 10. The van der Waals surface area contributed by atoms with Gasteiger partial charge in [-0.1, -0.05) is 27.2 Å². The number of aromatic nitrogens is 4. The molecular weight excluding hydrogens is 491 g/mol. The smallest absolute Gasteiger partial charge is 0.218 e. The maximum Gasteiger partial charge on any atom is 0.218 e. The van der Waals surface area contributed by atoms with Gasteiger partial charge in [-0.05, 0) is 48.9 Å². The fraction of sp³-hybridized carbons (Fsp3) is 0.167. The Balaban J connectivity index is 1.26. The molecule has 0 N–H and O–H groups in total. The lowest BCUT2D eigenvalue weighted by atomic mass is 10.1. The van der Waals surface area contributed by atoms with E-state index in [-0.39, 0.29) is 18.2 Å². The van der Waals surface area contributed by atoms with E-state index < -0.39 is 0 Å². The van der Waals surface area contributed by atoms with Gasteiger partial charge < -0.3 is 9.15 Å². The first kappa shape index (κ1) is 22.6. The first-order valence-electron chi connectivity index (χ1n) is 10.2. The predicted octanol–water partition coefficient (Wildman–Crippen LogP) is 5.58. The van der Waals surface area contributed by atoms with Gasteiger partial charge in [0.25, 0.3) is 0 Å². The first-order chi connectivity index (χ1) is 16.1. The molecule has 0 saturated heterocycles. The third-order valence-electron chi connectivity index (χ3n) is 4.76. The van der Waals surface area contributed by atoms with E-state index in [0.29, 0.717) is 52.3 Å². The van der Waals surface area contributed by atoms with Crippen LogP contribution in [0.5, 0.6) is 5.75 Å². The quantitative estimate of drug-likeness (QED) is 0.259. The molecular formula is C24H20BrFN4O3. The minimum absolute atomic E-state index is 0.0665. The molecule has 0 aliphatic carbocycles. The van der Waals surface area contributed by atoms with Crippen LogP contribution < -0.4 is 4.74 Å². The van der Waals surface area contributed by atoms with E-state index in [2.05, 4.69) is 31.2 Å². The van der Waals surface area contributed by atoms with E-state index in [1.54, 1.807) is 65.6 Å². The molecule has 0 radical (unpaired) electrons. The summed E-state index contributed by atoms with van der Waals surface area (Å²) in [6, 6.07) is 11.8. The van der Waals surface area contributed by atoms with Gasteiger partial charge >= 0.3 is 0 Å². The third kappa shape index (κ3) is 6.45. The van der Waals surface area contributed by atoms with Crippen molar-refractivity contribution in [2.24, 2.45) is 0 Å². The number of nitrogens with zero attached hydrogens (tertiary/aromatic N) is 4. The Bertz CT molecular complexity index is 1240. The van der Waals surface area contributed by atoms with E-state index in [0.717, 1.165) is 0 Å². The highest BCUT2D eigenvalue weighted by Crippen LogP contribution is 2.19. The lowest BCUT2D eigenvalue weighted by Gasteiger charge is -2.05. The Labute approximate surface area is 198 Å². The maximum atomic E-state index is 13.9. The highest BCUT2D eigenvalue weighted by Gasteiger charge is 2.08. The highest BCUT2D eigenvalue weighted by atomic mass is 79.9. The monoisotopic (exact) mass is 510 g/mol. The van der Waals surface area contributed by atoms with Crippen LogP contribution >= 0.6 is 15.9 Å². The maximum absolute atomic E-state index is 13.9. The molecule has 168 valence electrons. The number of ketones is 1. The molecule has 2 aromatic carbocycles. The minimum Gasteiger partial charge on any atom is -0.487 e. The Hall–Kier alpha value is -3.59. The van der Waals surface area contributed by atoms with E-state index >= 15 is 0 Å². The van der Waals surface area contributed by atoms with Crippen LogP contribution in [0, 0.1) is 5.82 Å². The van der Waals surface area contributed by atoms with Crippen LogP contribution in [0.25, 0.3) is 12.2 Å². The van der Waals surface area contributed by atoms with Gasteiger partial charge in [0.05, 0.1) is 6.20 Å². The van der Waals surface area contributed by atoms with Crippen molar-refractivity contribution in [2.75, 3.05) is 0 Å². The van der Waals surface area contributed by atoms with Gasteiger partial charge in [-0.15, -0.1) is 5.10 Å². The molecule has 4 rings (SSSR count). The van der Waals surface area contributed by atoms with Gasteiger partial charge in [-0.3, -0.25) is 9.48 Å². The Morgan fingerprint density at radius 3 is 2.79 bits per heavy atom. The lowest BCUT2D eigenvalue weighted by molar-refractivity contribution is 0.0978. The normalized spacial score (nSPS) is 11.2. The number of oxazole rings is 1. The molecule has 2 aromatic heterocycles. The molecule has 0 fully saturated rings. The minimum atomic E-state index is -0.340. The van der Waals surface area contributed by atoms with E-state index in [4.69, 9.17) is 9.15 Å². The van der Waals surface area contributed by atoms with Gasteiger partial charge in [-0.2, -0.15) is 0 Å². The SMILES string of the molecule is O=C(CCCn1ccnn1)c1ccc(OCc2coc(C=Cc3ccc(Br)cc3F)n2)cc1. The molecule has 0 bridgehead atoms. The van der Waals surface area contributed by atoms with E-state index in [1.165, 1.54) is 12.3 Å². The standard InChI is InChI=1S/C24H20BrFN4O3/c25-19-7-3-17(22(26)14-19)6-10-24-28-20(16-33-24)15-32-21-8-4-18(5-9-21)23(31)2-1-12-30-13-11-27-29-30/h3-11,13-14,16H,1-2,12,15H2. The number of halogens is 2. The summed E-state index contributed by atoms with van der Waals surface area (Å²) in [5.74, 6) is 0.693. The summed E-state index contributed by atoms with van der Waals surface area (Å²) in [5.41, 5.74) is 1.66. The molecule has 33 heavy (non-hydrogen) atoms. The van der Waals surface area contributed by atoms with Gasteiger partial charge in [0.1, 0.15) is 30.1 Å². The molecule has 0 spiro atoms. The third-order valence-corrected chi connectivity index (χ3v) is 5.26. The van der Waals surface area contributed by atoms with Crippen molar-refractivity contribution in [1.29, 1.82) is 0 Å². The largest absolute Gasteiger partial charge is 0.487 e. The van der Waals surface area contributed by atoms with Crippen molar-refractivity contribution in [3.63, 3.8) is 0 Å². The van der Waals surface area contributed by atoms with Gasteiger partial charge in [-0.25, -0.2) is 9.37 Å². The first-order valence-corrected chi connectivity index (χ1v) is 11.0. The molecule has 0 aliphatic rings. The lowest BCUT2D eigenvalue weighted by Crippen LogP contribution is -2.04. The molecule has 0 saturated carbocycles. The van der Waals surface area contributed by atoms with Crippen molar-refractivity contribution >= 4 is 33.9 Å². The highest BCUT2D eigenvalue weighted by molar-refractivity contribution is 9.10. The van der Waals surface area contributed by atoms with E-state index in [9.17, 15) is 9.18 Å². The average Bonchev–Trinajstić information content (AvgIpc) is 3.50. The zero-order valence-electron chi connectivity index (χ0n) is 17.5. The van der Waals surface area contributed by atoms with Crippen molar-refractivity contribution in [1.82, 2.24) is 20.0 Å². The topological polar surface area (TPSA) is 83.0 Å². The van der Waals surface area contributed by atoms with Crippen LogP contribution in [0.3, 0.4) is 0 Å². The second kappa shape index (κ2) is 10.8. The summed E-state index contributed by atoms with van der Waals surface area (Å²) >= 11 is 3.23. The fourth-order valence-corrected chi connectivity index (χ4v) is 3.39. The second-order valence-electron chi connectivity index (χ2n) is 7.18. The molecule has 0 unspecified atom stereocenters. The number of hydrogen-bond donors (Lipinski definition) is 0. The summed E-state index contributed by atoms with van der Waals surface area (Å²) < 4.78 is 27.4.